The molecule has 160 valence electrons. The number of hydrogen-bond donors (Lipinski definition) is 2. The van der Waals surface area contributed by atoms with E-state index in [9.17, 15) is 14.4 Å². The Labute approximate surface area is 177 Å². The Bertz CT molecular complexity index is 725. The summed E-state index contributed by atoms with van der Waals surface area (Å²) in [4.78, 5) is 40.0. The van der Waals surface area contributed by atoms with Crippen molar-refractivity contribution in [3.8, 4) is 0 Å². The summed E-state index contributed by atoms with van der Waals surface area (Å²) >= 11 is 6.04. The van der Waals surface area contributed by atoms with Crippen LogP contribution in [-0.4, -0.2) is 61.9 Å². The number of amides is 3. The number of benzene rings is 1. The number of carbonyl (C=O) groups excluding carboxylic acids is 3. The lowest BCUT2D eigenvalue weighted by Crippen LogP contribution is -2.51. The third-order valence-electron chi connectivity index (χ3n) is 4.79. The first-order valence-corrected chi connectivity index (χ1v) is 10.4. The fourth-order valence-electron chi connectivity index (χ4n) is 2.98. The van der Waals surface area contributed by atoms with Crippen LogP contribution in [0.1, 0.15) is 33.6 Å². The molecule has 8 heteroatoms. The molecule has 1 fully saturated rings. The second-order valence-corrected chi connectivity index (χ2v) is 8.67. The molecular weight excluding hydrogens is 392 g/mol. The molecule has 1 aliphatic rings. The van der Waals surface area contributed by atoms with Gasteiger partial charge in [0, 0.05) is 55.3 Å². The maximum absolute atomic E-state index is 12.3. The molecule has 0 unspecified atom stereocenters. The van der Waals surface area contributed by atoms with Crippen molar-refractivity contribution >= 4 is 35.0 Å². The summed E-state index contributed by atoms with van der Waals surface area (Å²) in [5, 5.41) is 6.18. The van der Waals surface area contributed by atoms with Crippen molar-refractivity contribution in [2.45, 2.75) is 33.6 Å². The topological polar surface area (TPSA) is 81.8 Å². The number of halogens is 1. The van der Waals surface area contributed by atoms with Gasteiger partial charge in [0.15, 0.2) is 0 Å². The molecule has 2 rings (SSSR count). The number of rotatable bonds is 7. The average Bonchev–Trinajstić information content (AvgIpc) is 2.68. The molecule has 1 saturated heterocycles. The van der Waals surface area contributed by atoms with Gasteiger partial charge in [-0.3, -0.25) is 14.4 Å². The Kier molecular flexibility index (Phi) is 8.32. The molecule has 0 saturated carbocycles. The molecule has 1 aromatic carbocycles. The highest BCUT2D eigenvalue weighted by atomic mass is 35.5. The number of carbonyl (C=O) groups is 3. The molecule has 0 aliphatic carbocycles. The van der Waals surface area contributed by atoms with Crippen molar-refractivity contribution in [3.05, 3.63) is 29.3 Å². The van der Waals surface area contributed by atoms with Crippen LogP contribution in [0.25, 0.3) is 0 Å². The minimum Gasteiger partial charge on any atom is -0.368 e. The molecule has 3 amide bonds. The van der Waals surface area contributed by atoms with Crippen LogP contribution in [0, 0.1) is 5.41 Å². The first kappa shape index (κ1) is 23.0. The van der Waals surface area contributed by atoms with Crippen LogP contribution in [0.2, 0.25) is 5.02 Å². The number of piperazine rings is 1. The molecule has 0 bridgehead atoms. The van der Waals surface area contributed by atoms with E-state index in [4.69, 9.17) is 11.6 Å². The highest BCUT2D eigenvalue weighted by Crippen LogP contribution is 2.20. The van der Waals surface area contributed by atoms with Gasteiger partial charge in [-0.15, -0.1) is 0 Å². The van der Waals surface area contributed by atoms with Gasteiger partial charge in [-0.25, -0.2) is 0 Å². The van der Waals surface area contributed by atoms with Crippen molar-refractivity contribution < 1.29 is 14.4 Å². The van der Waals surface area contributed by atoms with Crippen molar-refractivity contribution in [2.75, 3.05) is 44.2 Å². The summed E-state index contributed by atoms with van der Waals surface area (Å²) in [7, 11) is 0. The minimum absolute atomic E-state index is 0.00431. The van der Waals surface area contributed by atoms with Crippen molar-refractivity contribution in [1.29, 1.82) is 0 Å². The predicted molar refractivity (Wildman–Crippen MR) is 115 cm³/mol. The van der Waals surface area contributed by atoms with Crippen LogP contribution in [0.3, 0.4) is 0 Å². The van der Waals surface area contributed by atoms with E-state index in [1.807, 2.05) is 45.0 Å². The third-order valence-corrected chi connectivity index (χ3v) is 5.02. The van der Waals surface area contributed by atoms with Gasteiger partial charge < -0.3 is 20.4 Å². The zero-order chi connectivity index (χ0) is 21.4. The van der Waals surface area contributed by atoms with Gasteiger partial charge in [0.25, 0.3) is 0 Å². The maximum atomic E-state index is 12.3. The lowest BCUT2D eigenvalue weighted by molar-refractivity contribution is -0.133. The third kappa shape index (κ3) is 7.57. The molecule has 0 radical (unpaired) electrons. The smallest absolute Gasteiger partial charge is 0.242 e. The summed E-state index contributed by atoms with van der Waals surface area (Å²) in [6.07, 6.45) is 0.820. The Morgan fingerprint density at radius 1 is 1.07 bits per heavy atom. The molecule has 2 N–H and O–H groups in total. The van der Waals surface area contributed by atoms with Crippen LogP contribution >= 0.6 is 11.6 Å². The highest BCUT2D eigenvalue weighted by molar-refractivity contribution is 6.30. The van der Waals surface area contributed by atoms with Crippen LogP contribution < -0.4 is 15.5 Å². The van der Waals surface area contributed by atoms with E-state index in [2.05, 4.69) is 15.5 Å². The molecular formula is C21H31ClN4O3. The van der Waals surface area contributed by atoms with Gasteiger partial charge in [-0.2, -0.15) is 0 Å². The molecule has 0 atom stereocenters. The van der Waals surface area contributed by atoms with Gasteiger partial charge in [-0.1, -0.05) is 38.4 Å². The van der Waals surface area contributed by atoms with Crippen molar-refractivity contribution in [2.24, 2.45) is 5.41 Å². The summed E-state index contributed by atoms with van der Waals surface area (Å²) < 4.78 is 0. The second kappa shape index (κ2) is 10.5. The number of nitrogens with one attached hydrogen (secondary N) is 2. The maximum Gasteiger partial charge on any atom is 0.242 e. The quantitative estimate of drug-likeness (QED) is 0.659. The normalized spacial score (nSPS) is 14.5. The van der Waals surface area contributed by atoms with E-state index in [1.54, 1.807) is 4.90 Å². The second-order valence-electron chi connectivity index (χ2n) is 8.23. The van der Waals surface area contributed by atoms with E-state index >= 15 is 0 Å². The summed E-state index contributed by atoms with van der Waals surface area (Å²) in [6, 6.07) is 7.68. The molecule has 7 nitrogen and oxygen atoms in total. The van der Waals surface area contributed by atoms with Crippen LogP contribution in [0.15, 0.2) is 24.3 Å². The lowest BCUT2D eigenvalue weighted by Gasteiger charge is -2.36. The van der Waals surface area contributed by atoms with Crippen molar-refractivity contribution in [1.82, 2.24) is 15.5 Å². The molecule has 0 spiro atoms. The number of anilines is 1. The van der Waals surface area contributed by atoms with Gasteiger partial charge in [-0.05, 0) is 24.6 Å². The first-order valence-electron chi connectivity index (χ1n) is 10.00. The largest absolute Gasteiger partial charge is 0.368 e. The van der Waals surface area contributed by atoms with Gasteiger partial charge >= 0.3 is 0 Å². The Balaban J connectivity index is 1.63. The molecule has 1 heterocycles. The zero-order valence-corrected chi connectivity index (χ0v) is 18.2. The van der Waals surface area contributed by atoms with E-state index in [0.717, 1.165) is 18.8 Å². The highest BCUT2D eigenvalue weighted by Gasteiger charge is 2.22. The zero-order valence-electron chi connectivity index (χ0n) is 17.5. The summed E-state index contributed by atoms with van der Waals surface area (Å²) in [6.45, 7) is 8.66. The fraction of sp³-hybridized carbons (Fsp3) is 0.571. The van der Waals surface area contributed by atoms with Gasteiger partial charge in [0.05, 0.1) is 6.54 Å². The van der Waals surface area contributed by atoms with Gasteiger partial charge in [0.2, 0.25) is 17.7 Å². The molecule has 29 heavy (non-hydrogen) atoms. The molecule has 0 aromatic heterocycles. The van der Waals surface area contributed by atoms with E-state index < -0.39 is 5.41 Å². The minimum atomic E-state index is -0.439. The standard InChI is InChI=1S/C21H31ClN4O3/c1-21(2,3)20(29)23-9-5-8-18(27)24-15-19(28)26-12-10-25(11-13-26)17-7-4-6-16(22)14-17/h4,6-7,14H,5,8-13,15H2,1-3H3,(H,23,29)(H,24,27). The number of hydrogen-bond acceptors (Lipinski definition) is 4. The SMILES string of the molecule is CC(C)(C)C(=O)NCCCC(=O)NCC(=O)N1CCN(c2cccc(Cl)c2)CC1. The number of nitrogens with zero attached hydrogens (tertiary/aromatic N) is 2. The van der Waals surface area contributed by atoms with Crippen LogP contribution in [-0.2, 0) is 14.4 Å². The fourth-order valence-corrected chi connectivity index (χ4v) is 3.16. The molecule has 1 aliphatic heterocycles. The first-order chi connectivity index (χ1) is 13.7. The molecule has 1 aromatic rings. The summed E-state index contributed by atoms with van der Waals surface area (Å²) in [5.41, 5.74) is 0.613. The van der Waals surface area contributed by atoms with E-state index in [-0.39, 0.29) is 30.7 Å². The van der Waals surface area contributed by atoms with Crippen molar-refractivity contribution in [3.63, 3.8) is 0 Å². The van der Waals surface area contributed by atoms with Gasteiger partial charge in [0.1, 0.15) is 0 Å². The Morgan fingerprint density at radius 2 is 1.76 bits per heavy atom. The van der Waals surface area contributed by atoms with Crippen LogP contribution in [0.4, 0.5) is 5.69 Å². The van der Waals surface area contributed by atoms with E-state index in [0.29, 0.717) is 31.1 Å². The Hall–Kier alpha value is -2.28. The predicted octanol–water partition coefficient (Wildman–Crippen LogP) is 2.05. The Morgan fingerprint density at radius 3 is 2.38 bits per heavy atom. The summed E-state index contributed by atoms with van der Waals surface area (Å²) in [5.74, 6) is -0.295. The monoisotopic (exact) mass is 422 g/mol. The van der Waals surface area contributed by atoms with Crippen LogP contribution in [0.5, 0.6) is 0 Å². The van der Waals surface area contributed by atoms with E-state index in [1.165, 1.54) is 0 Å². The average molecular weight is 423 g/mol. The lowest BCUT2D eigenvalue weighted by atomic mass is 9.96.